The Labute approximate surface area is 232 Å². The highest BCUT2D eigenvalue weighted by Gasteiger charge is 2.33. The van der Waals surface area contributed by atoms with Crippen molar-refractivity contribution in [3.63, 3.8) is 0 Å². The fourth-order valence-electron chi connectivity index (χ4n) is 3.78. The molecule has 39 heavy (non-hydrogen) atoms. The minimum atomic E-state index is -4.57. The van der Waals surface area contributed by atoms with Crippen molar-refractivity contribution in [2.45, 2.75) is 20.5 Å². The van der Waals surface area contributed by atoms with Crippen molar-refractivity contribution in [1.29, 1.82) is 5.26 Å². The summed E-state index contributed by atoms with van der Waals surface area (Å²) in [6.07, 6.45) is 2.68. The lowest BCUT2D eigenvalue weighted by molar-refractivity contribution is 0.332. The second-order valence-corrected chi connectivity index (χ2v) is 15.4. The maximum absolute atomic E-state index is 13.8. The van der Waals surface area contributed by atoms with Crippen molar-refractivity contribution >= 4 is 41.2 Å². The summed E-state index contributed by atoms with van der Waals surface area (Å²) in [4.78, 5) is -0.272. The lowest BCUT2D eigenvalue weighted by Gasteiger charge is -2.26. The van der Waals surface area contributed by atoms with E-state index >= 15 is 0 Å². The maximum atomic E-state index is 13.8. The molecule has 0 aliphatic heterocycles. The van der Waals surface area contributed by atoms with Crippen LogP contribution < -0.4 is 0 Å². The minimum absolute atomic E-state index is 0.000387. The average molecular weight is 602 g/mol. The van der Waals surface area contributed by atoms with Gasteiger partial charge in [0, 0.05) is 18.4 Å². The Bertz CT molecular complexity index is 1830. The van der Waals surface area contributed by atoms with Crippen LogP contribution in [0.3, 0.4) is 0 Å². The second kappa shape index (κ2) is 11.3. The zero-order valence-electron chi connectivity index (χ0n) is 20.6. The molecule has 0 bridgehead atoms. The van der Waals surface area contributed by atoms with Gasteiger partial charge in [0.2, 0.25) is 0 Å². The largest absolute Gasteiger partial charge is 0.274 e. The molecule has 0 saturated carbocycles. The van der Waals surface area contributed by atoms with Crippen LogP contribution in [0.15, 0.2) is 110 Å². The molecule has 4 rings (SSSR count). The predicted octanol–water partition coefficient (Wildman–Crippen LogP) is 4.14. The highest BCUT2D eigenvalue weighted by atomic mass is 32.2. The third-order valence-electron chi connectivity index (χ3n) is 5.72. The molecule has 3 aromatic carbocycles. The van der Waals surface area contributed by atoms with E-state index in [-0.39, 0.29) is 26.1 Å². The van der Waals surface area contributed by atoms with Gasteiger partial charge in [-0.2, -0.15) is 13.9 Å². The fraction of sp³-hybridized carbons (Fsp3) is 0.115. The molecule has 202 valence electrons. The topological polar surface area (TPSA) is 133 Å². The van der Waals surface area contributed by atoms with Gasteiger partial charge >= 0.3 is 0 Å². The van der Waals surface area contributed by atoms with E-state index in [1.807, 2.05) is 0 Å². The summed E-state index contributed by atoms with van der Waals surface area (Å²) in [6.45, 7) is -0.946. The van der Waals surface area contributed by atoms with E-state index < -0.39 is 36.6 Å². The lowest BCUT2D eigenvalue weighted by Crippen LogP contribution is -2.41. The molecule has 0 spiro atoms. The van der Waals surface area contributed by atoms with Crippen LogP contribution in [0, 0.1) is 11.5 Å². The van der Waals surface area contributed by atoms with Crippen LogP contribution in [0.4, 0.5) is 0 Å². The summed E-state index contributed by atoms with van der Waals surface area (Å²) >= 11 is 0.981. The van der Waals surface area contributed by atoms with Crippen molar-refractivity contribution in [1.82, 2.24) is 8.61 Å². The number of nitrogens with zero attached hydrogens (tertiary/aromatic N) is 3. The highest BCUT2D eigenvalue weighted by Crippen LogP contribution is 2.32. The van der Waals surface area contributed by atoms with Gasteiger partial charge in [0.25, 0.3) is 20.0 Å². The van der Waals surface area contributed by atoms with Crippen LogP contribution in [0.2, 0.25) is 0 Å². The SMILES string of the molecule is CS(=O)(=O)c1cccc(-c2ccccc2S(=O)(=O)N(C#N)CN(Cc2ccccc2)S(=O)(=O)c2cccs2)c1. The van der Waals surface area contributed by atoms with E-state index in [2.05, 4.69) is 0 Å². The Morgan fingerprint density at radius 1 is 0.795 bits per heavy atom. The van der Waals surface area contributed by atoms with Crippen LogP contribution >= 0.6 is 11.3 Å². The van der Waals surface area contributed by atoms with E-state index in [9.17, 15) is 30.5 Å². The summed E-state index contributed by atoms with van der Waals surface area (Å²) in [5.74, 6) is 0. The van der Waals surface area contributed by atoms with Gasteiger partial charge in [0.1, 0.15) is 10.9 Å². The Morgan fingerprint density at radius 2 is 1.49 bits per heavy atom. The number of thiophene rings is 1. The van der Waals surface area contributed by atoms with Crippen LogP contribution in [-0.2, 0) is 36.4 Å². The van der Waals surface area contributed by atoms with Gasteiger partial charge in [-0.05, 0) is 40.8 Å². The third-order valence-corrected chi connectivity index (χ3v) is 11.7. The fourth-order valence-corrected chi connectivity index (χ4v) is 8.38. The third kappa shape index (κ3) is 6.21. The molecule has 1 aromatic heterocycles. The Morgan fingerprint density at radius 3 is 2.13 bits per heavy atom. The molecule has 0 unspecified atom stereocenters. The molecule has 0 aliphatic rings. The monoisotopic (exact) mass is 601 g/mol. The molecule has 0 aliphatic carbocycles. The molecule has 0 N–H and O–H groups in total. The zero-order valence-corrected chi connectivity index (χ0v) is 23.8. The van der Waals surface area contributed by atoms with Crippen molar-refractivity contribution in [3.05, 3.63) is 102 Å². The molecule has 1 heterocycles. The first kappa shape index (κ1) is 28.5. The number of sulfonamides is 2. The quantitative estimate of drug-likeness (QED) is 0.152. The van der Waals surface area contributed by atoms with E-state index in [0.29, 0.717) is 15.4 Å². The molecular weight excluding hydrogens is 579 g/mol. The highest BCUT2D eigenvalue weighted by molar-refractivity contribution is 7.91. The van der Waals surface area contributed by atoms with Crippen molar-refractivity contribution < 1.29 is 25.3 Å². The van der Waals surface area contributed by atoms with E-state index in [0.717, 1.165) is 21.9 Å². The predicted molar refractivity (Wildman–Crippen MR) is 148 cm³/mol. The van der Waals surface area contributed by atoms with Gasteiger partial charge in [-0.25, -0.2) is 25.3 Å². The van der Waals surface area contributed by atoms with E-state index in [1.165, 1.54) is 42.5 Å². The number of hydrogen-bond acceptors (Lipinski definition) is 8. The van der Waals surface area contributed by atoms with Gasteiger partial charge in [0.05, 0.1) is 9.79 Å². The lowest BCUT2D eigenvalue weighted by atomic mass is 10.1. The van der Waals surface area contributed by atoms with Gasteiger partial charge < -0.3 is 0 Å². The second-order valence-electron chi connectivity index (χ2n) is 8.42. The molecule has 0 saturated heterocycles. The van der Waals surface area contributed by atoms with Crippen LogP contribution in [-0.4, -0.2) is 46.8 Å². The molecule has 9 nitrogen and oxygen atoms in total. The van der Waals surface area contributed by atoms with Crippen LogP contribution in [0.5, 0.6) is 0 Å². The summed E-state index contributed by atoms with van der Waals surface area (Å²) in [5, 5.41) is 11.5. The first-order valence-electron chi connectivity index (χ1n) is 11.3. The van der Waals surface area contributed by atoms with Crippen LogP contribution in [0.1, 0.15) is 5.56 Å². The van der Waals surface area contributed by atoms with E-state index in [1.54, 1.807) is 60.1 Å². The number of nitriles is 1. The summed E-state index contributed by atoms with van der Waals surface area (Å²) in [7, 11) is -12.3. The van der Waals surface area contributed by atoms with Crippen molar-refractivity contribution in [2.24, 2.45) is 0 Å². The standard InChI is InChI=1S/C26H23N3O6S4/c1-37(30,31)23-12-7-11-22(17-23)24-13-5-6-14-25(24)38(32,33)29(19-27)20-28(18-21-9-3-2-4-10-21)39(34,35)26-15-8-16-36-26/h2-17H,18,20H2,1H3. The minimum Gasteiger partial charge on any atom is -0.224 e. The zero-order chi connectivity index (χ0) is 28.3. The number of sulfone groups is 1. The van der Waals surface area contributed by atoms with E-state index in [4.69, 9.17) is 0 Å². The number of hydrogen-bond donors (Lipinski definition) is 0. The van der Waals surface area contributed by atoms with Gasteiger partial charge in [-0.15, -0.1) is 11.3 Å². The summed E-state index contributed by atoms with van der Waals surface area (Å²) < 4.78 is 80.1. The summed E-state index contributed by atoms with van der Waals surface area (Å²) in [5.41, 5.74) is 1.08. The molecule has 13 heteroatoms. The number of rotatable bonds is 10. The molecule has 0 amide bonds. The van der Waals surface area contributed by atoms with Crippen molar-refractivity contribution in [3.8, 4) is 17.3 Å². The number of benzene rings is 3. The molecule has 0 atom stereocenters. The Balaban J connectivity index is 1.77. The average Bonchev–Trinajstić information content (AvgIpc) is 3.47. The van der Waals surface area contributed by atoms with Gasteiger partial charge in [-0.1, -0.05) is 66.7 Å². The summed E-state index contributed by atoms with van der Waals surface area (Å²) in [6, 6.07) is 23.2. The van der Waals surface area contributed by atoms with Gasteiger partial charge in [0.15, 0.2) is 16.0 Å². The van der Waals surface area contributed by atoms with Gasteiger partial charge in [-0.3, -0.25) is 0 Å². The Hall–Kier alpha value is -3.54. The van der Waals surface area contributed by atoms with Crippen LogP contribution in [0.25, 0.3) is 11.1 Å². The molecular formula is C26H23N3O6S4. The molecule has 0 radical (unpaired) electrons. The Kier molecular flexibility index (Phi) is 8.24. The molecule has 0 fully saturated rings. The first-order valence-corrected chi connectivity index (χ1v) is 17.0. The van der Waals surface area contributed by atoms with Crippen molar-refractivity contribution in [2.75, 3.05) is 12.9 Å². The molecule has 4 aromatic rings. The first-order chi connectivity index (χ1) is 18.4. The normalized spacial score (nSPS) is 12.2. The maximum Gasteiger partial charge on any atom is 0.274 e. The smallest absolute Gasteiger partial charge is 0.224 e.